The lowest BCUT2D eigenvalue weighted by atomic mass is 9.91. The highest BCUT2D eigenvalue weighted by Crippen LogP contribution is 2.20. The molecule has 2 amide bonds. The molecule has 0 radical (unpaired) electrons. The molecule has 0 aliphatic carbocycles. The van der Waals surface area contributed by atoms with Crippen LogP contribution in [-0.4, -0.2) is 52.0 Å². The first kappa shape index (κ1) is 33.2. The van der Waals surface area contributed by atoms with Crippen molar-refractivity contribution in [2.24, 2.45) is 10.8 Å². The van der Waals surface area contributed by atoms with Gasteiger partial charge in [0.1, 0.15) is 0 Å². The van der Waals surface area contributed by atoms with Gasteiger partial charge in [-0.2, -0.15) is 0 Å². The average molecular weight is 590 g/mol. The molecular formula is C31H38Cl2N2O5. The molecule has 2 unspecified atom stereocenters. The molecule has 0 aliphatic rings. The minimum atomic E-state index is -1.80. The van der Waals surface area contributed by atoms with Gasteiger partial charge in [-0.15, -0.1) is 23.2 Å². The van der Waals surface area contributed by atoms with Crippen molar-refractivity contribution in [3.05, 3.63) is 71.8 Å². The number of Topliss-reactive ketones (excluding diaryl/α,β-unsaturated/α-hetero) is 3. The maximum Gasteiger partial charge on any atom is 0.225 e. The van der Waals surface area contributed by atoms with Gasteiger partial charge in [0.25, 0.3) is 0 Å². The Labute approximate surface area is 246 Å². The molecule has 2 aromatic rings. The number of nitrogens with one attached hydrogen (secondary N) is 2. The number of benzene rings is 2. The van der Waals surface area contributed by atoms with Crippen molar-refractivity contribution in [1.82, 2.24) is 10.6 Å². The van der Waals surface area contributed by atoms with Crippen LogP contribution in [0.3, 0.4) is 0 Å². The summed E-state index contributed by atoms with van der Waals surface area (Å²) < 4.78 is 0. The van der Waals surface area contributed by atoms with Gasteiger partial charge in [0, 0.05) is 10.8 Å². The van der Waals surface area contributed by atoms with Crippen molar-refractivity contribution >= 4 is 52.4 Å². The number of carbonyl (C=O) groups is 5. The Hall–Kier alpha value is -3.03. The van der Waals surface area contributed by atoms with E-state index in [4.69, 9.17) is 23.2 Å². The van der Waals surface area contributed by atoms with E-state index in [1.54, 1.807) is 90.1 Å². The molecule has 9 heteroatoms. The summed E-state index contributed by atoms with van der Waals surface area (Å²) in [5.74, 6) is -3.35. The van der Waals surface area contributed by atoms with Crippen LogP contribution in [-0.2, 0) is 36.8 Å². The molecule has 0 spiro atoms. The Balaban J connectivity index is 2.29. The van der Waals surface area contributed by atoms with E-state index in [-0.39, 0.29) is 12.8 Å². The smallest absolute Gasteiger partial charge is 0.225 e. The molecule has 216 valence electrons. The van der Waals surface area contributed by atoms with Gasteiger partial charge in [0.05, 0.1) is 12.1 Å². The van der Waals surface area contributed by atoms with Crippen molar-refractivity contribution in [3.63, 3.8) is 0 Å². The SMILES string of the molecule is CC(C)(C)C(=O)N[C@@H](Cc1ccccc1)C(=O)C(Cl)C(=O)C(Cl)C(=O)[C@H](Cc1ccccc1)NC(=O)C(C)(C)C. The van der Waals surface area contributed by atoms with Gasteiger partial charge in [-0.1, -0.05) is 102 Å². The standard InChI is InChI=1S/C31H38Cl2N2O5/c1-30(2,3)28(39)34-21(17-19-13-9-7-10-14-19)25(36)23(32)27(38)24(33)26(37)22(35-29(40)31(4,5)6)18-20-15-11-8-12-16-20/h7-16,21-24H,17-18H2,1-6H3,(H,34,39)(H,35,40)/t21-,22-,23?,24?/m0/s1. The number of halogens is 2. The van der Waals surface area contributed by atoms with E-state index in [1.165, 1.54) is 0 Å². The number of rotatable bonds is 12. The van der Waals surface area contributed by atoms with E-state index in [1.807, 2.05) is 12.1 Å². The minimum Gasteiger partial charge on any atom is -0.345 e. The second-order valence-electron chi connectivity index (χ2n) is 11.9. The zero-order valence-electron chi connectivity index (χ0n) is 23.8. The molecule has 0 saturated heterocycles. The van der Waals surface area contributed by atoms with Gasteiger partial charge in [-0.05, 0) is 24.0 Å². The van der Waals surface area contributed by atoms with Gasteiger partial charge >= 0.3 is 0 Å². The topological polar surface area (TPSA) is 109 Å². The van der Waals surface area contributed by atoms with Crippen LogP contribution in [0.25, 0.3) is 0 Å². The third-order valence-corrected chi connectivity index (χ3v) is 7.08. The molecule has 0 bridgehead atoms. The number of ketones is 3. The van der Waals surface area contributed by atoms with Crippen LogP contribution >= 0.6 is 23.2 Å². The van der Waals surface area contributed by atoms with Gasteiger partial charge in [-0.3, -0.25) is 24.0 Å². The van der Waals surface area contributed by atoms with Crippen molar-refractivity contribution in [1.29, 1.82) is 0 Å². The second kappa shape index (κ2) is 14.0. The van der Waals surface area contributed by atoms with Gasteiger partial charge in [-0.25, -0.2) is 0 Å². The molecule has 0 aliphatic heterocycles. The summed E-state index contributed by atoms with van der Waals surface area (Å²) in [5.41, 5.74) is -0.112. The van der Waals surface area contributed by atoms with E-state index in [0.29, 0.717) is 0 Å². The predicted molar refractivity (Wildman–Crippen MR) is 157 cm³/mol. The van der Waals surface area contributed by atoms with Crippen LogP contribution in [0.4, 0.5) is 0 Å². The molecule has 4 atom stereocenters. The maximum absolute atomic E-state index is 13.4. The van der Waals surface area contributed by atoms with Crippen molar-refractivity contribution in [3.8, 4) is 0 Å². The molecular weight excluding hydrogens is 551 g/mol. The Kier molecular flexibility index (Phi) is 11.6. The molecule has 40 heavy (non-hydrogen) atoms. The van der Waals surface area contributed by atoms with Crippen LogP contribution in [0.2, 0.25) is 0 Å². The number of amides is 2. The lowest BCUT2D eigenvalue weighted by Gasteiger charge is -2.27. The zero-order chi connectivity index (χ0) is 30.3. The highest BCUT2D eigenvalue weighted by Gasteiger charge is 2.41. The fourth-order valence-electron chi connectivity index (χ4n) is 3.66. The molecule has 0 heterocycles. The maximum atomic E-state index is 13.4. The van der Waals surface area contributed by atoms with Crippen LogP contribution in [0.5, 0.6) is 0 Å². The Bertz CT molecular complexity index is 1110. The molecule has 2 aromatic carbocycles. The second-order valence-corrected chi connectivity index (χ2v) is 12.7. The molecule has 0 fully saturated rings. The monoisotopic (exact) mass is 588 g/mol. The average Bonchev–Trinajstić information content (AvgIpc) is 2.90. The largest absolute Gasteiger partial charge is 0.345 e. The van der Waals surface area contributed by atoms with E-state index >= 15 is 0 Å². The minimum absolute atomic E-state index is 0.0944. The fourth-order valence-corrected chi connectivity index (χ4v) is 4.28. The quantitative estimate of drug-likeness (QED) is 0.281. The Morgan fingerprint density at radius 3 is 1.15 bits per heavy atom. The predicted octanol–water partition coefficient (Wildman–Crippen LogP) is 4.46. The summed E-state index contributed by atoms with van der Waals surface area (Å²) in [4.78, 5) is 65.6. The molecule has 0 saturated carbocycles. The summed E-state index contributed by atoms with van der Waals surface area (Å²) >= 11 is 12.7. The summed E-state index contributed by atoms with van der Waals surface area (Å²) in [7, 11) is 0. The third kappa shape index (κ3) is 9.56. The Morgan fingerprint density at radius 1 is 0.575 bits per heavy atom. The summed E-state index contributed by atoms with van der Waals surface area (Å²) in [6.07, 6.45) is 0.189. The van der Waals surface area contributed by atoms with Crippen molar-refractivity contribution in [2.75, 3.05) is 0 Å². The van der Waals surface area contributed by atoms with E-state index in [9.17, 15) is 24.0 Å². The highest BCUT2D eigenvalue weighted by molar-refractivity contribution is 6.52. The van der Waals surface area contributed by atoms with Crippen LogP contribution < -0.4 is 10.6 Å². The fraction of sp³-hybridized carbons (Fsp3) is 0.452. The van der Waals surface area contributed by atoms with E-state index in [2.05, 4.69) is 10.6 Å². The highest BCUT2D eigenvalue weighted by atomic mass is 35.5. The zero-order valence-corrected chi connectivity index (χ0v) is 25.3. The summed E-state index contributed by atoms with van der Waals surface area (Å²) in [6.45, 7) is 10.2. The van der Waals surface area contributed by atoms with Crippen molar-refractivity contribution < 1.29 is 24.0 Å². The van der Waals surface area contributed by atoms with Gasteiger partial charge in [0.2, 0.25) is 11.8 Å². The Morgan fingerprint density at radius 2 is 0.875 bits per heavy atom. The third-order valence-electron chi connectivity index (χ3n) is 6.22. The van der Waals surface area contributed by atoms with Crippen LogP contribution in [0.1, 0.15) is 52.7 Å². The van der Waals surface area contributed by atoms with Gasteiger partial charge < -0.3 is 10.6 Å². The summed E-state index contributed by atoms with van der Waals surface area (Å²) in [5, 5.41) is 1.80. The lowest BCUT2D eigenvalue weighted by molar-refractivity contribution is -0.136. The first-order valence-electron chi connectivity index (χ1n) is 13.1. The first-order chi connectivity index (χ1) is 18.5. The normalized spacial score (nSPS) is 14.8. The van der Waals surface area contributed by atoms with E-state index in [0.717, 1.165) is 11.1 Å². The van der Waals surface area contributed by atoms with Crippen LogP contribution in [0.15, 0.2) is 60.7 Å². The molecule has 7 nitrogen and oxygen atoms in total. The number of carbonyl (C=O) groups excluding carboxylic acids is 5. The summed E-state index contributed by atoms with van der Waals surface area (Å²) in [6, 6.07) is 15.7. The molecule has 2 rings (SSSR count). The first-order valence-corrected chi connectivity index (χ1v) is 14.0. The molecule has 2 N–H and O–H groups in total. The number of alkyl halides is 2. The van der Waals surface area contributed by atoms with Gasteiger partial charge in [0.15, 0.2) is 28.1 Å². The molecule has 0 aromatic heterocycles. The number of hydrogen-bond acceptors (Lipinski definition) is 5. The van der Waals surface area contributed by atoms with Crippen LogP contribution in [0, 0.1) is 10.8 Å². The van der Waals surface area contributed by atoms with Crippen molar-refractivity contribution in [2.45, 2.75) is 77.2 Å². The number of hydrogen-bond donors (Lipinski definition) is 2. The van der Waals surface area contributed by atoms with E-state index < -0.39 is 62.8 Å². The lowest BCUT2D eigenvalue weighted by Crippen LogP contribution is -2.54.